The van der Waals surface area contributed by atoms with Crippen molar-refractivity contribution in [3.63, 3.8) is 0 Å². The van der Waals surface area contributed by atoms with Crippen molar-refractivity contribution in [1.29, 1.82) is 0 Å². The summed E-state index contributed by atoms with van der Waals surface area (Å²) in [6.45, 7) is 0. The van der Waals surface area contributed by atoms with Crippen LogP contribution in [0.2, 0.25) is 0 Å². The number of hydrogen-bond donors (Lipinski definition) is 1. The van der Waals surface area contributed by atoms with Crippen LogP contribution in [0.3, 0.4) is 0 Å². The molecule has 0 saturated heterocycles. The minimum absolute atomic E-state index is 0.192. The van der Waals surface area contributed by atoms with Crippen LogP contribution in [0, 0.1) is 0 Å². The molecule has 0 saturated carbocycles. The van der Waals surface area contributed by atoms with Gasteiger partial charge in [0, 0.05) is 11.1 Å². The first-order valence-corrected chi connectivity index (χ1v) is 8.81. The van der Waals surface area contributed by atoms with E-state index in [4.69, 9.17) is 4.42 Å². The van der Waals surface area contributed by atoms with Gasteiger partial charge in [0.15, 0.2) is 0 Å². The van der Waals surface area contributed by atoms with Crippen LogP contribution < -0.4 is 5.43 Å². The minimum atomic E-state index is -4.42. The zero-order chi connectivity index (χ0) is 21.0. The fourth-order valence-electron chi connectivity index (χ4n) is 2.68. The van der Waals surface area contributed by atoms with Crippen molar-refractivity contribution in [3.8, 4) is 22.6 Å². The highest BCUT2D eigenvalue weighted by Crippen LogP contribution is 2.32. The summed E-state index contributed by atoms with van der Waals surface area (Å²) in [6, 6.07) is 17.6. The lowest BCUT2D eigenvalue weighted by Crippen LogP contribution is -2.04. The van der Waals surface area contributed by atoms with Gasteiger partial charge in [-0.15, -0.1) is 5.10 Å². The quantitative estimate of drug-likeness (QED) is 0.359. The van der Waals surface area contributed by atoms with Crippen molar-refractivity contribution in [2.45, 2.75) is 6.18 Å². The molecule has 6 nitrogen and oxygen atoms in total. The zero-order valence-electron chi connectivity index (χ0n) is 15.3. The van der Waals surface area contributed by atoms with Crippen LogP contribution in [0.5, 0.6) is 0 Å². The third kappa shape index (κ3) is 4.52. The Bertz CT molecular complexity index is 1170. The van der Waals surface area contributed by atoms with E-state index in [2.05, 4.69) is 25.7 Å². The Kier molecular flexibility index (Phi) is 5.25. The van der Waals surface area contributed by atoms with E-state index in [1.54, 1.807) is 18.2 Å². The van der Waals surface area contributed by atoms with Gasteiger partial charge in [0.25, 0.3) is 5.95 Å². The Morgan fingerprint density at radius 3 is 2.53 bits per heavy atom. The normalized spacial score (nSPS) is 11.7. The summed E-state index contributed by atoms with van der Waals surface area (Å²) in [5.74, 6) is 0.839. The standard InChI is InChI=1S/C21H14F3N5O/c22-21(23,24)16-8-4-7-15(11-16)19-10-9-17(30-19)12-25-28-20-27-18(13-26-29-20)14-5-2-1-3-6-14/h1-13H,(H,27,28,29)/b25-12+. The van der Waals surface area contributed by atoms with E-state index in [1.165, 1.54) is 18.5 Å². The molecule has 4 rings (SSSR count). The molecule has 0 spiro atoms. The number of furan rings is 1. The highest BCUT2D eigenvalue weighted by atomic mass is 19.4. The predicted octanol–water partition coefficient (Wildman–Crippen LogP) is 5.26. The Balaban J connectivity index is 1.46. The van der Waals surface area contributed by atoms with Crippen LogP contribution in [-0.4, -0.2) is 21.4 Å². The van der Waals surface area contributed by atoms with Gasteiger partial charge in [-0.1, -0.05) is 42.5 Å². The second-order valence-corrected chi connectivity index (χ2v) is 6.18. The average Bonchev–Trinajstić information content (AvgIpc) is 3.23. The topological polar surface area (TPSA) is 76.2 Å². The maximum atomic E-state index is 12.9. The third-order valence-corrected chi connectivity index (χ3v) is 4.09. The monoisotopic (exact) mass is 409 g/mol. The molecule has 1 N–H and O–H groups in total. The van der Waals surface area contributed by atoms with Gasteiger partial charge >= 0.3 is 6.18 Å². The smallest absolute Gasteiger partial charge is 0.416 e. The van der Waals surface area contributed by atoms with Crippen LogP contribution in [0.15, 0.2) is 82.4 Å². The second kappa shape index (κ2) is 8.16. The fourth-order valence-corrected chi connectivity index (χ4v) is 2.68. The summed E-state index contributed by atoms with van der Waals surface area (Å²) in [5.41, 5.74) is 3.76. The Labute approximate surface area is 169 Å². The van der Waals surface area contributed by atoms with E-state index < -0.39 is 11.7 Å². The molecular formula is C21H14F3N5O. The number of alkyl halides is 3. The average molecular weight is 409 g/mol. The summed E-state index contributed by atoms with van der Waals surface area (Å²) in [4.78, 5) is 4.32. The van der Waals surface area contributed by atoms with Crippen LogP contribution >= 0.6 is 0 Å². The molecule has 9 heteroatoms. The highest BCUT2D eigenvalue weighted by molar-refractivity contribution is 5.78. The molecule has 0 aliphatic heterocycles. The summed E-state index contributed by atoms with van der Waals surface area (Å²) in [6.07, 6.45) is -1.51. The number of nitrogens with zero attached hydrogens (tertiary/aromatic N) is 4. The van der Waals surface area contributed by atoms with E-state index in [0.29, 0.717) is 22.8 Å². The van der Waals surface area contributed by atoms with Crippen molar-refractivity contribution in [2.24, 2.45) is 5.10 Å². The van der Waals surface area contributed by atoms with Gasteiger partial charge in [0.05, 0.1) is 23.7 Å². The van der Waals surface area contributed by atoms with Gasteiger partial charge in [-0.05, 0) is 24.3 Å². The van der Waals surface area contributed by atoms with Crippen molar-refractivity contribution in [3.05, 3.63) is 84.3 Å². The number of anilines is 1. The van der Waals surface area contributed by atoms with Crippen molar-refractivity contribution < 1.29 is 17.6 Å². The molecular weight excluding hydrogens is 395 g/mol. The SMILES string of the molecule is FC(F)(F)c1cccc(-c2ccc(/C=N/Nc3nncc(-c4ccccc4)n3)o2)c1. The lowest BCUT2D eigenvalue weighted by molar-refractivity contribution is -0.137. The Morgan fingerprint density at radius 1 is 0.933 bits per heavy atom. The molecule has 0 aliphatic carbocycles. The van der Waals surface area contributed by atoms with E-state index in [0.717, 1.165) is 17.7 Å². The Hall–Kier alpha value is -4.01. The molecule has 0 amide bonds. The number of rotatable bonds is 5. The molecule has 2 aromatic carbocycles. The van der Waals surface area contributed by atoms with Crippen LogP contribution in [0.1, 0.15) is 11.3 Å². The molecule has 0 fully saturated rings. The summed E-state index contributed by atoms with van der Waals surface area (Å²) in [7, 11) is 0. The maximum Gasteiger partial charge on any atom is 0.416 e. The van der Waals surface area contributed by atoms with E-state index in [9.17, 15) is 13.2 Å². The summed E-state index contributed by atoms with van der Waals surface area (Å²) < 4.78 is 44.2. The Morgan fingerprint density at radius 2 is 1.73 bits per heavy atom. The van der Waals surface area contributed by atoms with Crippen LogP contribution in [-0.2, 0) is 6.18 Å². The first-order valence-electron chi connectivity index (χ1n) is 8.81. The molecule has 0 bridgehead atoms. The second-order valence-electron chi connectivity index (χ2n) is 6.18. The summed E-state index contributed by atoms with van der Waals surface area (Å²) >= 11 is 0. The van der Waals surface area contributed by atoms with E-state index in [-0.39, 0.29) is 5.95 Å². The number of hydrogen-bond acceptors (Lipinski definition) is 6. The number of nitrogens with one attached hydrogen (secondary N) is 1. The van der Waals surface area contributed by atoms with E-state index in [1.807, 2.05) is 30.3 Å². The van der Waals surface area contributed by atoms with Gasteiger partial charge in [-0.2, -0.15) is 23.4 Å². The molecule has 0 atom stereocenters. The van der Waals surface area contributed by atoms with Crippen LogP contribution in [0.4, 0.5) is 19.1 Å². The van der Waals surface area contributed by atoms with Gasteiger partial charge in [-0.3, -0.25) is 0 Å². The molecule has 30 heavy (non-hydrogen) atoms. The van der Waals surface area contributed by atoms with Crippen molar-refractivity contribution in [2.75, 3.05) is 5.43 Å². The highest BCUT2D eigenvalue weighted by Gasteiger charge is 2.30. The minimum Gasteiger partial charge on any atom is -0.455 e. The molecule has 0 aliphatic rings. The third-order valence-electron chi connectivity index (χ3n) is 4.09. The molecule has 2 aromatic heterocycles. The molecule has 0 radical (unpaired) electrons. The first kappa shape index (κ1) is 19.3. The first-order chi connectivity index (χ1) is 14.5. The number of benzene rings is 2. The number of halogens is 3. The van der Waals surface area contributed by atoms with Gasteiger partial charge in [0.1, 0.15) is 11.5 Å². The molecule has 2 heterocycles. The van der Waals surface area contributed by atoms with Crippen LogP contribution in [0.25, 0.3) is 22.6 Å². The largest absolute Gasteiger partial charge is 0.455 e. The number of hydrazone groups is 1. The van der Waals surface area contributed by atoms with Crippen molar-refractivity contribution >= 4 is 12.2 Å². The number of aromatic nitrogens is 3. The van der Waals surface area contributed by atoms with Gasteiger partial charge in [-0.25, -0.2) is 10.4 Å². The predicted molar refractivity (Wildman–Crippen MR) is 106 cm³/mol. The van der Waals surface area contributed by atoms with Gasteiger partial charge in [0.2, 0.25) is 0 Å². The van der Waals surface area contributed by atoms with Crippen molar-refractivity contribution in [1.82, 2.24) is 15.2 Å². The zero-order valence-corrected chi connectivity index (χ0v) is 15.3. The maximum absolute atomic E-state index is 12.9. The molecule has 4 aromatic rings. The lowest BCUT2D eigenvalue weighted by atomic mass is 10.1. The summed E-state index contributed by atoms with van der Waals surface area (Å²) in [5, 5.41) is 11.7. The molecule has 150 valence electrons. The van der Waals surface area contributed by atoms with Gasteiger partial charge < -0.3 is 4.42 Å². The fraction of sp³-hybridized carbons (Fsp3) is 0.0476. The molecule has 0 unspecified atom stereocenters. The lowest BCUT2D eigenvalue weighted by Gasteiger charge is -2.07. The van der Waals surface area contributed by atoms with E-state index >= 15 is 0 Å².